The van der Waals surface area contributed by atoms with Gasteiger partial charge in [0.2, 0.25) is 0 Å². The Labute approximate surface area is 191 Å². The Kier molecular flexibility index (Phi) is 6.25. The van der Waals surface area contributed by atoms with Crippen molar-refractivity contribution < 1.29 is 22.7 Å². The van der Waals surface area contributed by atoms with E-state index in [-0.39, 0.29) is 11.4 Å². The van der Waals surface area contributed by atoms with E-state index in [2.05, 4.69) is 5.32 Å². The van der Waals surface area contributed by atoms with Gasteiger partial charge in [0, 0.05) is 16.8 Å². The zero-order valence-corrected chi connectivity index (χ0v) is 18.8. The van der Waals surface area contributed by atoms with E-state index in [9.17, 15) is 13.2 Å². The fourth-order valence-corrected chi connectivity index (χ4v) is 4.96. The van der Waals surface area contributed by atoms with Crippen LogP contribution in [0.25, 0.3) is 0 Å². The summed E-state index contributed by atoms with van der Waals surface area (Å²) in [4.78, 5) is 13.1. The predicted octanol–water partition coefficient (Wildman–Crippen LogP) is 4.33. The monoisotopic (exact) mass is 472 g/mol. The van der Waals surface area contributed by atoms with E-state index in [0.29, 0.717) is 34.5 Å². The number of rotatable bonds is 6. The molecular formula is C23H21ClN2O5S. The Hall–Kier alpha value is -3.23. The molecule has 1 aliphatic rings. The van der Waals surface area contributed by atoms with E-state index < -0.39 is 22.0 Å². The number of halogens is 1. The molecule has 0 saturated heterocycles. The molecule has 1 amide bonds. The van der Waals surface area contributed by atoms with Gasteiger partial charge in [-0.1, -0.05) is 29.8 Å². The highest BCUT2D eigenvalue weighted by atomic mass is 35.5. The number of amides is 1. The summed E-state index contributed by atoms with van der Waals surface area (Å²) < 4.78 is 39.3. The summed E-state index contributed by atoms with van der Waals surface area (Å²) in [7, 11) is -3.95. The third-order valence-corrected chi connectivity index (χ3v) is 6.89. The average Bonchev–Trinajstić information content (AvgIpc) is 2.79. The van der Waals surface area contributed by atoms with Crippen molar-refractivity contribution in [2.75, 3.05) is 22.8 Å². The molecule has 0 spiro atoms. The van der Waals surface area contributed by atoms with Gasteiger partial charge in [0.25, 0.3) is 15.9 Å². The molecule has 0 aromatic heterocycles. The molecule has 1 heterocycles. The van der Waals surface area contributed by atoms with Crippen molar-refractivity contribution in [2.24, 2.45) is 0 Å². The minimum atomic E-state index is -3.95. The van der Waals surface area contributed by atoms with Crippen molar-refractivity contribution in [1.29, 1.82) is 0 Å². The van der Waals surface area contributed by atoms with Crippen molar-refractivity contribution in [2.45, 2.75) is 17.9 Å². The largest absolute Gasteiger partial charge is 0.494 e. The first-order valence-electron chi connectivity index (χ1n) is 9.96. The van der Waals surface area contributed by atoms with Gasteiger partial charge >= 0.3 is 0 Å². The molecule has 0 radical (unpaired) electrons. The zero-order chi connectivity index (χ0) is 22.7. The first kappa shape index (κ1) is 22.0. The van der Waals surface area contributed by atoms with Crippen molar-refractivity contribution in [3.8, 4) is 11.5 Å². The minimum absolute atomic E-state index is 0.0715. The molecule has 0 saturated carbocycles. The summed E-state index contributed by atoms with van der Waals surface area (Å²) in [5.74, 6) is 0.455. The molecule has 1 atom stereocenters. The SMILES string of the molecule is CCOc1cccc(NC(=O)C2CN(S(=O)(=O)c3ccc(Cl)cc3)c3ccccc3O2)c1. The van der Waals surface area contributed by atoms with E-state index >= 15 is 0 Å². The quantitative estimate of drug-likeness (QED) is 0.577. The van der Waals surface area contributed by atoms with Crippen molar-refractivity contribution >= 4 is 38.9 Å². The number of anilines is 2. The van der Waals surface area contributed by atoms with Crippen LogP contribution < -0.4 is 19.1 Å². The summed E-state index contributed by atoms with van der Waals surface area (Å²) in [5.41, 5.74) is 0.889. The molecule has 3 aromatic rings. The fourth-order valence-electron chi connectivity index (χ4n) is 3.35. The van der Waals surface area contributed by atoms with Crippen LogP contribution in [0.5, 0.6) is 11.5 Å². The van der Waals surface area contributed by atoms with Gasteiger partial charge < -0.3 is 14.8 Å². The van der Waals surface area contributed by atoms with Crippen LogP contribution in [0.1, 0.15) is 6.92 Å². The Morgan fingerprint density at radius 1 is 1.12 bits per heavy atom. The first-order valence-corrected chi connectivity index (χ1v) is 11.8. The molecule has 32 heavy (non-hydrogen) atoms. The van der Waals surface area contributed by atoms with Gasteiger partial charge in [0.05, 0.1) is 23.7 Å². The lowest BCUT2D eigenvalue weighted by atomic mass is 10.2. The Balaban J connectivity index is 1.63. The zero-order valence-electron chi connectivity index (χ0n) is 17.2. The average molecular weight is 473 g/mol. The van der Waals surface area contributed by atoms with E-state index in [0.717, 1.165) is 0 Å². The minimum Gasteiger partial charge on any atom is -0.494 e. The number of benzene rings is 3. The number of carbonyl (C=O) groups excluding carboxylic acids is 1. The lowest BCUT2D eigenvalue weighted by Crippen LogP contribution is -2.48. The molecule has 0 aliphatic carbocycles. The summed E-state index contributed by atoms with van der Waals surface area (Å²) in [6.07, 6.45) is -1.05. The highest BCUT2D eigenvalue weighted by Gasteiger charge is 2.37. The van der Waals surface area contributed by atoms with Gasteiger partial charge in [-0.05, 0) is 55.5 Å². The van der Waals surface area contributed by atoms with E-state index in [4.69, 9.17) is 21.1 Å². The molecular weight excluding hydrogens is 452 g/mol. The molecule has 0 fully saturated rings. The van der Waals surface area contributed by atoms with Gasteiger partial charge in [0.15, 0.2) is 6.10 Å². The number of carbonyl (C=O) groups is 1. The lowest BCUT2D eigenvalue weighted by Gasteiger charge is -2.34. The maximum Gasteiger partial charge on any atom is 0.267 e. The molecule has 1 aliphatic heterocycles. The number of para-hydroxylation sites is 2. The number of nitrogens with one attached hydrogen (secondary N) is 1. The van der Waals surface area contributed by atoms with E-state index in [1.807, 2.05) is 6.92 Å². The van der Waals surface area contributed by atoms with Crippen LogP contribution in [0.15, 0.2) is 77.7 Å². The Morgan fingerprint density at radius 2 is 1.88 bits per heavy atom. The second-order valence-corrected chi connectivity index (χ2v) is 9.31. The van der Waals surface area contributed by atoms with Crippen LogP contribution >= 0.6 is 11.6 Å². The summed E-state index contributed by atoms with van der Waals surface area (Å²) >= 11 is 5.91. The van der Waals surface area contributed by atoms with Crippen molar-refractivity contribution in [3.05, 3.63) is 77.8 Å². The molecule has 1 unspecified atom stereocenters. The Morgan fingerprint density at radius 3 is 2.62 bits per heavy atom. The lowest BCUT2D eigenvalue weighted by molar-refractivity contribution is -0.122. The predicted molar refractivity (Wildman–Crippen MR) is 123 cm³/mol. The number of fused-ring (bicyclic) bond motifs is 1. The number of ether oxygens (including phenoxy) is 2. The van der Waals surface area contributed by atoms with Crippen LogP contribution in [0.2, 0.25) is 5.02 Å². The number of nitrogens with zero attached hydrogens (tertiary/aromatic N) is 1. The molecule has 9 heteroatoms. The molecule has 7 nitrogen and oxygen atoms in total. The molecule has 1 N–H and O–H groups in total. The smallest absolute Gasteiger partial charge is 0.267 e. The van der Waals surface area contributed by atoms with Crippen LogP contribution in [0.3, 0.4) is 0 Å². The van der Waals surface area contributed by atoms with Crippen molar-refractivity contribution in [1.82, 2.24) is 0 Å². The number of hydrogen-bond donors (Lipinski definition) is 1. The molecule has 0 bridgehead atoms. The fraction of sp³-hybridized carbons (Fsp3) is 0.174. The van der Waals surface area contributed by atoms with E-state index in [1.165, 1.54) is 28.6 Å². The third kappa shape index (κ3) is 4.51. The topological polar surface area (TPSA) is 84.9 Å². The third-order valence-electron chi connectivity index (χ3n) is 4.84. The highest BCUT2D eigenvalue weighted by molar-refractivity contribution is 7.92. The van der Waals surface area contributed by atoms with Crippen molar-refractivity contribution in [3.63, 3.8) is 0 Å². The molecule has 4 rings (SSSR count). The van der Waals surface area contributed by atoms with Gasteiger partial charge in [-0.25, -0.2) is 8.42 Å². The molecule has 166 valence electrons. The van der Waals surface area contributed by atoms with Crippen LogP contribution in [0.4, 0.5) is 11.4 Å². The van der Waals surface area contributed by atoms with Gasteiger partial charge in [-0.2, -0.15) is 0 Å². The normalized spacial score (nSPS) is 15.4. The van der Waals surface area contributed by atoms with E-state index in [1.54, 1.807) is 48.5 Å². The summed E-state index contributed by atoms with van der Waals surface area (Å²) in [5, 5.41) is 3.21. The van der Waals surface area contributed by atoms with Crippen LogP contribution in [-0.4, -0.2) is 33.6 Å². The van der Waals surface area contributed by atoms with Gasteiger partial charge in [0.1, 0.15) is 11.5 Å². The highest BCUT2D eigenvalue weighted by Crippen LogP contribution is 2.37. The second kappa shape index (κ2) is 9.10. The maximum atomic E-state index is 13.4. The second-order valence-electron chi connectivity index (χ2n) is 7.01. The molecule has 3 aromatic carbocycles. The van der Waals surface area contributed by atoms with Crippen LogP contribution in [-0.2, 0) is 14.8 Å². The van der Waals surface area contributed by atoms with Gasteiger partial charge in [-0.15, -0.1) is 0 Å². The number of sulfonamides is 1. The van der Waals surface area contributed by atoms with Crippen LogP contribution in [0, 0.1) is 0 Å². The standard InChI is InChI=1S/C23H21ClN2O5S/c1-2-30-18-7-5-6-17(14-18)25-23(27)22-15-26(20-8-3-4-9-21(20)31-22)32(28,29)19-12-10-16(24)11-13-19/h3-14,22H,2,15H2,1H3,(H,25,27). The summed E-state index contributed by atoms with van der Waals surface area (Å²) in [6, 6.07) is 19.6. The Bertz CT molecular complexity index is 1230. The number of hydrogen-bond acceptors (Lipinski definition) is 5. The van der Waals surface area contributed by atoms with Gasteiger partial charge in [-0.3, -0.25) is 9.10 Å². The first-order chi connectivity index (χ1) is 15.4. The summed E-state index contributed by atoms with van der Waals surface area (Å²) in [6.45, 7) is 2.19. The maximum absolute atomic E-state index is 13.4.